The average molecular weight is 358 g/mol. The van der Waals surface area contributed by atoms with Crippen molar-refractivity contribution in [1.82, 2.24) is 0 Å². The van der Waals surface area contributed by atoms with Gasteiger partial charge in [0.15, 0.2) is 0 Å². The zero-order chi connectivity index (χ0) is 18.0. The fourth-order valence-corrected chi connectivity index (χ4v) is 2.92. The van der Waals surface area contributed by atoms with Crippen LogP contribution < -0.4 is 16.0 Å². The Morgan fingerprint density at radius 2 is 2.00 bits per heavy atom. The molecule has 1 aliphatic heterocycles. The maximum absolute atomic E-state index is 12.3. The van der Waals surface area contributed by atoms with E-state index >= 15 is 0 Å². The smallest absolute Gasteiger partial charge is 0.231 e. The molecule has 5 nitrogen and oxygen atoms in total. The van der Waals surface area contributed by atoms with Gasteiger partial charge in [-0.25, -0.2) is 0 Å². The lowest BCUT2D eigenvalue weighted by Crippen LogP contribution is -2.27. The third-order valence-corrected chi connectivity index (χ3v) is 4.58. The van der Waals surface area contributed by atoms with E-state index in [1.54, 1.807) is 17.9 Å². The van der Waals surface area contributed by atoms with Gasteiger partial charge < -0.3 is 16.0 Å². The van der Waals surface area contributed by atoms with Gasteiger partial charge in [-0.1, -0.05) is 36.7 Å². The molecule has 2 amide bonds. The maximum atomic E-state index is 12.3. The molecule has 0 saturated heterocycles. The van der Waals surface area contributed by atoms with Crippen LogP contribution in [0.4, 0.5) is 11.4 Å². The van der Waals surface area contributed by atoms with Gasteiger partial charge in [-0.2, -0.15) is 0 Å². The third kappa shape index (κ3) is 3.83. The summed E-state index contributed by atoms with van der Waals surface area (Å²) >= 11 is 6.06. The molecule has 0 saturated carbocycles. The Hall–Kier alpha value is -2.37. The first-order chi connectivity index (χ1) is 12.0. The molecule has 0 bridgehead atoms. The van der Waals surface area contributed by atoms with Crippen LogP contribution in [0.5, 0.6) is 0 Å². The minimum absolute atomic E-state index is 0.0615. The van der Waals surface area contributed by atoms with E-state index in [-0.39, 0.29) is 17.7 Å². The number of carbonyl (C=O) groups is 2. The number of hydrogen-bond donors (Lipinski definition) is 2. The van der Waals surface area contributed by atoms with Crippen LogP contribution >= 0.6 is 11.6 Å². The molecule has 3 N–H and O–H groups in total. The number of rotatable bonds is 5. The molecule has 1 aliphatic rings. The minimum Gasteiger partial charge on any atom is -0.330 e. The molecule has 0 aliphatic carbocycles. The summed E-state index contributed by atoms with van der Waals surface area (Å²) in [5, 5.41) is 3.44. The van der Waals surface area contributed by atoms with E-state index < -0.39 is 0 Å². The summed E-state index contributed by atoms with van der Waals surface area (Å²) in [5.74, 6) is -0.275. The van der Waals surface area contributed by atoms with E-state index in [4.69, 9.17) is 17.3 Å². The molecule has 0 aromatic heterocycles. The van der Waals surface area contributed by atoms with Gasteiger partial charge in [-0.3, -0.25) is 9.59 Å². The quantitative estimate of drug-likeness (QED) is 0.863. The molecule has 1 atom stereocenters. The Balaban J connectivity index is 1.71. The first kappa shape index (κ1) is 17.5. The number of fused-ring (bicyclic) bond motifs is 1. The number of nitrogens with two attached hydrogens (primary N) is 1. The van der Waals surface area contributed by atoms with Crippen LogP contribution in [-0.2, 0) is 22.6 Å². The molecule has 6 heteroatoms. The van der Waals surface area contributed by atoms with Crippen molar-refractivity contribution in [2.45, 2.75) is 19.9 Å². The topological polar surface area (TPSA) is 75.4 Å². The number of carbonyl (C=O) groups excluding carboxylic acids is 2. The molecular formula is C19H20ClN3O2. The standard InChI is InChI=1S/C19H20ClN3O2/c1-12(10-21)19(25)22-16-6-2-13(3-7-16)11-23-17-9-15(20)5-4-14(17)8-18(23)24/h2-7,9,12H,8,10-11,21H2,1H3,(H,22,25). The minimum atomic E-state index is -0.233. The molecular weight excluding hydrogens is 338 g/mol. The normalized spacial score (nSPS) is 14.4. The van der Waals surface area contributed by atoms with E-state index in [1.165, 1.54) is 0 Å². The van der Waals surface area contributed by atoms with Crippen molar-refractivity contribution >= 4 is 34.8 Å². The van der Waals surface area contributed by atoms with Crippen molar-refractivity contribution in [2.24, 2.45) is 11.7 Å². The van der Waals surface area contributed by atoms with Gasteiger partial charge in [0.1, 0.15) is 0 Å². The number of nitrogens with zero attached hydrogens (tertiary/aromatic N) is 1. The van der Waals surface area contributed by atoms with Gasteiger partial charge in [0.05, 0.1) is 13.0 Å². The number of anilines is 2. The molecule has 25 heavy (non-hydrogen) atoms. The van der Waals surface area contributed by atoms with Crippen LogP contribution in [0.1, 0.15) is 18.1 Å². The van der Waals surface area contributed by atoms with E-state index in [0.29, 0.717) is 30.2 Å². The van der Waals surface area contributed by atoms with Crippen molar-refractivity contribution in [3.8, 4) is 0 Å². The highest BCUT2D eigenvalue weighted by molar-refractivity contribution is 6.31. The number of nitrogens with one attached hydrogen (secondary N) is 1. The Bertz CT molecular complexity index is 805. The summed E-state index contributed by atoms with van der Waals surface area (Å²) in [6, 6.07) is 13.0. The monoisotopic (exact) mass is 357 g/mol. The fourth-order valence-electron chi connectivity index (χ4n) is 2.75. The lowest BCUT2D eigenvalue weighted by molar-refractivity contribution is -0.119. The van der Waals surface area contributed by atoms with Crippen molar-refractivity contribution in [3.63, 3.8) is 0 Å². The highest BCUT2D eigenvalue weighted by Gasteiger charge is 2.27. The van der Waals surface area contributed by atoms with Crippen molar-refractivity contribution < 1.29 is 9.59 Å². The van der Waals surface area contributed by atoms with Crippen molar-refractivity contribution in [3.05, 3.63) is 58.6 Å². The zero-order valence-corrected chi connectivity index (χ0v) is 14.7. The molecule has 0 spiro atoms. The number of halogens is 1. The van der Waals surface area contributed by atoms with Crippen molar-refractivity contribution in [2.75, 3.05) is 16.8 Å². The fraction of sp³-hybridized carbons (Fsp3) is 0.263. The maximum Gasteiger partial charge on any atom is 0.231 e. The lowest BCUT2D eigenvalue weighted by atomic mass is 10.1. The lowest BCUT2D eigenvalue weighted by Gasteiger charge is -2.18. The molecule has 0 radical (unpaired) electrons. The highest BCUT2D eigenvalue weighted by Crippen LogP contribution is 2.32. The predicted octanol–water partition coefficient (Wildman–Crippen LogP) is 2.96. The second-order valence-corrected chi connectivity index (χ2v) is 6.69. The Kier molecular flexibility index (Phi) is 5.06. The third-order valence-electron chi connectivity index (χ3n) is 4.34. The van der Waals surface area contributed by atoms with Gasteiger partial charge in [-0.15, -0.1) is 0 Å². The zero-order valence-electron chi connectivity index (χ0n) is 14.0. The number of benzene rings is 2. The number of hydrogen-bond acceptors (Lipinski definition) is 3. The van der Waals surface area contributed by atoms with Gasteiger partial charge >= 0.3 is 0 Å². The molecule has 1 heterocycles. The number of amides is 2. The van der Waals surface area contributed by atoms with E-state index in [0.717, 1.165) is 16.8 Å². The summed E-state index contributed by atoms with van der Waals surface area (Å²) in [6.45, 7) is 2.56. The van der Waals surface area contributed by atoms with Gasteiger partial charge in [-0.05, 0) is 35.4 Å². The average Bonchev–Trinajstić information content (AvgIpc) is 2.91. The first-order valence-corrected chi connectivity index (χ1v) is 8.54. The molecule has 2 aromatic carbocycles. The Labute approximate surface area is 151 Å². The molecule has 1 unspecified atom stereocenters. The first-order valence-electron chi connectivity index (χ1n) is 8.16. The van der Waals surface area contributed by atoms with Gasteiger partial charge in [0, 0.05) is 28.9 Å². The summed E-state index contributed by atoms with van der Waals surface area (Å²) in [5.41, 5.74) is 9.05. The summed E-state index contributed by atoms with van der Waals surface area (Å²) in [4.78, 5) is 25.9. The van der Waals surface area contributed by atoms with E-state index in [9.17, 15) is 9.59 Å². The molecule has 2 aromatic rings. The van der Waals surface area contributed by atoms with Crippen LogP contribution in [0.3, 0.4) is 0 Å². The van der Waals surface area contributed by atoms with Crippen LogP contribution in [0.25, 0.3) is 0 Å². The second kappa shape index (κ2) is 7.25. The SMILES string of the molecule is CC(CN)C(=O)Nc1ccc(CN2C(=O)Cc3ccc(Cl)cc32)cc1. The van der Waals surface area contributed by atoms with Crippen LogP contribution in [0.2, 0.25) is 5.02 Å². The van der Waals surface area contributed by atoms with Crippen LogP contribution in [-0.4, -0.2) is 18.4 Å². The molecule has 0 fully saturated rings. The Morgan fingerprint density at radius 1 is 1.28 bits per heavy atom. The second-order valence-electron chi connectivity index (χ2n) is 6.25. The molecule has 130 valence electrons. The predicted molar refractivity (Wildman–Crippen MR) is 99.6 cm³/mol. The van der Waals surface area contributed by atoms with E-state index in [1.807, 2.05) is 36.4 Å². The van der Waals surface area contributed by atoms with Gasteiger partial charge in [0.2, 0.25) is 11.8 Å². The highest BCUT2D eigenvalue weighted by atomic mass is 35.5. The van der Waals surface area contributed by atoms with Crippen LogP contribution in [0.15, 0.2) is 42.5 Å². The summed E-state index contributed by atoms with van der Waals surface area (Å²) in [6.07, 6.45) is 0.400. The van der Waals surface area contributed by atoms with E-state index in [2.05, 4.69) is 5.32 Å². The van der Waals surface area contributed by atoms with Crippen molar-refractivity contribution in [1.29, 1.82) is 0 Å². The largest absolute Gasteiger partial charge is 0.330 e. The van der Waals surface area contributed by atoms with Gasteiger partial charge in [0.25, 0.3) is 0 Å². The summed E-state index contributed by atoms with van der Waals surface area (Å²) in [7, 11) is 0. The summed E-state index contributed by atoms with van der Waals surface area (Å²) < 4.78 is 0. The van der Waals surface area contributed by atoms with Crippen LogP contribution in [0, 0.1) is 5.92 Å². The molecule has 3 rings (SSSR count). The Morgan fingerprint density at radius 3 is 2.68 bits per heavy atom.